The summed E-state index contributed by atoms with van der Waals surface area (Å²) in [6.07, 6.45) is -9.06. The SMILES string of the molecule is COc1ccc(-n2nc(-c3ccc(C)cc3)c(-c3ccc(C(F)(F)F)cc3)c2-c2ccc(C(F)(F)F)cc2)cc1. The second kappa shape index (κ2) is 10.2. The van der Waals surface area contributed by atoms with Gasteiger partial charge in [0.1, 0.15) is 11.4 Å². The number of ether oxygens (including phenoxy) is 1. The fourth-order valence-electron chi connectivity index (χ4n) is 4.42. The van der Waals surface area contributed by atoms with Gasteiger partial charge >= 0.3 is 12.4 Å². The summed E-state index contributed by atoms with van der Waals surface area (Å²) >= 11 is 0. The van der Waals surface area contributed by atoms with E-state index < -0.39 is 23.5 Å². The molecule has 5 aromatic rings. The quantitative estimate of drug-likeness (QED) is 0.203. The van der Waals surface area contributed by atoms with Crippen LogP contribution >= 0.6 is 0 Å². The Kier molecular flexibility index (Phi) is 6.91. The van der Waals surface area contributed by atoms with Gasteiger partial charge in [-0.3, -0.25) is 0 Å². The molecule has 5 rings (SSSR count). The summed E-state index contributed by atoms with van der Waals surface area (Å²) in [6, 6.07) is 23.7. The van der Waals surface area contributed by atoms with Crippen molar-refractivity contribution in [1.82, 2.24) is 9.78 Å². The second-order valence-electron chi connectivity index (χ2n) is 9.20. The van der Waals surface area contributed by atoms with Crippen molar-refractivity contribution in [2.75, 3.05) is 7.11 Å². The molecule has 0 fully saturated rings. The highest BCUT2D eigenvalue weighted by Gasteiger charge is 2.32. The lowest BCUT2D eigenvalue weighted by atomic mass is 9.94. The Labute approximate surface area is 226 Å². The molecule has 0 bridgehead atoms. The van der Waals surface area contributed by atoms with Crippen LogP contribution in [0.4, 0.5) is 26.3 Å². The monoisotopic (exact) mass is 552 g/mol. The van der Waals surface area contributed by atoms with Crippen LogP contribution in [0.1, 0.15) is 16.7 Å². The first-order chi connectivity index (χ1) is 19.0. The van der Waals surface area contributed by atoms with Crippen molar-refractivity contribution in [3.63, 3.8) is 0 Å². The van der Waals surface area contributed by atoms with Crippen LogP contribution in [0, 0.1) is 6.92 Å². The molecule has 0 unspecified atom stereocenters. The molecule has 1 aromatic heterocycles. The molecule has 0 atom stereocenters. The Morgan fingerprint density at radius 1 is 0.600 bits per heavy atom. The molecule has 4 aromatic carbocycles. The Balaban J connectivity index is 1.82. The van der Waals surface area contributed by atoms with Crippen molar-refractivity contribution in [1.29, 1.82) is 0 Å². The largest absolute Gasteiger partial charge is 0.497 e. The Hall–Kier alpha value is -4.53. The van der Waals surface area contributed by atoms with Crippen molar-refractivity contribution in [2.24, 2.45) is 0 Å². The molecule has 0 amide bonds. The van der Waals surface area contributed by atoms with Crippen LogP contribution in [0.15, 0.2) is 97.1 Å². The van der Waals surface area contributed by atoms with E-state index in [1.165, 1.54) is 31.4 Å². The van der Waals surface area contributed by atoms with E-state index in [1.807, 2.05) is 31.2 Å². The first kappa shape index (κ1) is 27.1. The molecular formula is C31H22F6N2O. The van der Waals surface area contributed by atoms with Gasteiger partial charge in [0.05, 0.1) is 29.6 Å². The highest BCUT2D eigenvalue weighted by atomic mass is 19.4. The number of aromatic nitrogens is 2. The van der Waals surface area contributed by atoms with Gasteiger partial charge in [-0.2, -0.15) is 31.4 Å². The van der Waals surface area contributed by atoms with Gasteiger partial charge in [-0.25, -0.2) is 4.68 Å². The minimum absolute atomic E-state index is 0.407. The third kappa shape index (κ3) is 5.32. The average Bonchev–Trinajstić information content (AvgIpc) is 3.33. The summed E-state index contributed by atoms with van der Waals surface area (Å²) in [6.45, 7) is 1.92. The van der Waals surface area contributed by atoms with Crippen LogP contribution in [-0.2, 0) is 12.4 Å². The number of aryl methyl sites for hydroxylation is 1. The molecule has 0 saturated heterocycles. The summed E-state index contributed by atoms with van der Waals surface area (Å²) in [7, 11) is 1.52. The lowest BCUT2D eigenvalue weighted by Crippen LogP contribution is -2.05. The summed E-state index contributed by atoms with van der Waals surface area (Å²) in [5.74, 6) is 0.591. The van der Waals surface area contributed by atoms with Crippen LogP contribution in [0.3, 0.4) is 0 Å². The highest BCUT2D eigenvalue weighted by Crippen LogP contribution is 2.43. The number of hydrogen-bond donors (Lipinski definition) is 0. The lowest BCUT2D eigenvalue weighted by molar-refractivity contribution is -0.138. The van der Waals surface area contributed by atoms with Crippen molar-refractivity contribution in [2.45, 2.75) is 19.3 Å². The zero-order valence-electron chi connectivity index (χ0n) is 21.3. The predicted molar refractivity (Wildman–Crippen MR) is 141 cm³/mol. The fourth-order valence-corrected chi connectivity index (χ4v) is 4.42. The van der Waals surface area contributed by atoms with Gasteiger partial charge in [-0.05, 0) is 61.0 Å². The topological polar surface area (TPSA) is 27.1 Å². The van der Waals surface area contributed by atoms with Crippen LogP contribution in [0.5, 0.6) is 5.75 Å². The number of halogens is 6. The molecule has 0 spiro atoms. The van der Waals surface area contributed by atoms with E-state index in [2.05, 4.69) is 0 Å². The van der Waals surface area contributed by atoms with Crippen molar-refractivity contribution >= 4 is 0 Å². The van der Waals surface area contributed by atoms with Crippen molar-refractivity contribution in [3.8, 4) is 45.1 Å². The highest BCUT2D eigenvalue weighted by molar-refractivity contribution is 5.92. The summed E-state index contributed by atoms with van der Waals surface area (Å²) in [4.78, 5) is 0. The van der Waals surface area contributed by atoms with E-state index in [-0.39, 0.29) is 0 Å². The molecule has 0 aliphatic rings. The molecule has 3 nitrogen and oxygen atoms in total. The molecule has 204 valence electrons. The molecule has 0 saturated carbocycles. The van der Waals surface area contributed by atoms with Crippen LogP contribution in [-0.4, -0.2) is 16.9 Å². The normalized spacial score (nSPS) is 12.0. The lowest BCUT2D eigenvalue weighted by Gasteiger charge is -2.13. The summed E-state index contributed by atoms with van der Waals surface area (Å²) in [5.41, 5.74) is 2.85. The van der Waals surface area contributed by atoms with Crippen molar-refractivity contribution < 1.29 is 31.1 Å². The average molecular weight is 553 g/mol. The minimum atomic E-state index is -4.53. The maximum atomic E-state index is 13.4. The van der Waals surface area contributed by atoms with E-state index in [9.17, 15) is 26.3 Å². The molecule has 1 heterocycles. The number of rotatable bonds is 5. The smallest absolute Gasteiger partial charge is 0.416 e. The fraction of sp³-hybridized carbons (Fsp3) is 0.129. The Morgan fingerprint density at radius 3 is 1.55 bits per heavy atom. The first-order valence-corrected chi connectivity index (χ1v) is 12.2. The summed E-state index contributed by atoms with van der Waals surface area (Å²) in [5, 5.41) is 4.86. The molecular weight excluding hydrogens is 530 g/mol. The maximum Gasteiger partial charge on any atom is 0.416 e. The van der Waals surface area contributed by atoms with E-state index in [0.717, 1.165) is 29.8 Å². The summed E-state index contributed by atoms with van der Waals surface area (Å²) < 4.78 is 87.0. The minimum Gasteiger partial charge on any atom is -0.497 e. The molecule has 0 aliphatic carbocycles. The van der Waals surface area contributed by atoms with E-state index in [4.69, 9.17) is 9.84 Å². The molecule has 0 N–H and O–H groups in total. The predicted octanol–water partition coefficient (Wildman–Crippen LogP) is 9.23. The number of methoxy groups -OCH3 is 1. The van der Waals surface area contributed by atoms with E-state index in [0.29, 0.717) is 45.1 Å². The van der Waals surface area contributed by atoms with Crippen LogP contribution < -0.4 is 4.74 Å². The molecule has 9 heteroatoms. The number of nitrogens with zero attached hydrogens (tertiary/aromatic N) is 2. The Morgan fingerprint density at radius 2 is 1.07 bits per heavy atom. The number of hydrogen-bond acceptors (Lipinski definition) is 2. The van der Waals surface area contributed by atoms with Gasteiger partial charge in [-0.15, -0.1) is 0 Å². The standard InChI is InChI=1S/C31H22F6N2O/c1-19-3-5-21(6-4-19)28-27(20-7-11-23(12-8-20)30(32,33)34)29(22-9-13-24(14-10-22)31(35,36)37)39(38-28)25-15-17-26(40-2)18-16-25/h3-18H,1-2H3. The van der Waals surface area contributed by atoms with Gasteiger partial charge in [0, 0.05) is 16.7 Å². The van der Waals surface area contributed by atoms with Crippen LogP contribution in [0.25, 0.3) is 39.3 Å². The van der Waals surface area contributed by atoms with E-state index in [1.54, 1.807) is 28.9 Å². The van der Waals surface area contributed by atoms with E-state index >= 15 is 0 Å². The number of alkyl halides is 6. The van der Waals surface area contributed by atoms with Gasteiger partial charge in [0.15, 0.2) is 0 Å². The molecule has 40 heavy (non-hydrogen) atoms. The van der Waals surface area contributed by atoms with Crippen LogP contribution in [0.2, 0.25) is 0 Å². The number of benzene rings is 4. The molecule has 0 aliphatic heterocycles. The van der Waals surface area contributed by atoms with Gasteiger partial charge in [-0.1, -0.05) is 54.1 Å². The Bertz CT molecular complexity index is 1620. The first-order valence-electron chi connectivity index (χ1n) is 12.2. The zero-order chi connectivity index (χ0) is 28.7. The maximum absolute atomic E-state index is 13.4. The van der Waals surface area contributed by atoms with Crippen molar-refractivity contribution in [3.05, 3.63) is 114 Å². The third-order valence-corrected chi connectivity index (χ3v) is 6.51. The molecule has 0 radical (unpaired) electrons. The van der Waals surface area contributed by atoms with Gasteiger partial charge in [0.25, 0.3) is 0 Å². The third-order valence-electron chi connectivity index (χ3n) is 6.51. The van der Waals surface area contributed by atoms with Gasteiger partial charge in [0.2, 0.25) is 0 Å². The second-order valence-corrected chi connectivity index (χ2v) is 9.20. The van der Waals surface area contributed by atoms with Gasteiger partial charge < -0.3 is 4.74 Å². The zero-order valence-corrected chi connectivity index (χ0v) is 21.3.